The summed E-state index contributed by atoms with van der Waals surface area (Å²) in [5.41, 5.74) is -0.168. The van der Waals surface area contributed by atoms with E-state index < -0.39 is 12.5 Å². The molecule has 0 bridgehead atoms. The molecule has 4 heteroatoms. The van der Waals surface area contributed by atoms with E-state index in [1.54, 1.807) is 0 Å². The van der Waals surface area contributed by atoms with Crippen molar-refractivity contribution in [3.8, 4) is 0 Å². The van der Waals surface area contributed by atoms with Crippen LogP contribution in [0.2, 0.25) is 12.6 Å². The molecule has 0 heterocycles. The van der Waals surface area contributed by atoms with Crippen molar-refractivity contribution in [3.63, 3.8) is 0 Å². The Labute approximate surface area is 110 Å². The van der Waals surface area contributed by atoms with Crippen LogP contribution in [0.3, 0.4) is 0 Å². The zero-order chi connectivity index (χ0) is 14.0. The largest absolute Gasteiger partial charge is 0.511 e. The fourth-order valence-corrected chi connectivity index (χ4v) is 2.46. The third-order valence-electron chi connectivity index (χ3n) is 3.70. The molecule has 0 rings (SSSR count). The van der Waals surface area contributed by atoms with Crippen molar-refractivity contribution in [3.05, 3.63) is 11.6 Å². The van der Waals surface area contributed by atoms with Gasteiger partial charge in [-0.25, -0.2) is 0 Å². The third kappa shape index (κ3) is 5.97. The summed E-state index contributed by atoms with van der Waals surface area (Å²) in [7, 11) is 0. The number of allylic oxidation sites excluding steroid dienone is 1. The second-order valence-electron chi connectivity index (χ2n) is 5.29. The summed E-state index contributed by atoms with van der Waals surface area (Å²) in [6.07, 6.45) is 1.13. The fraction of sp³-hybridized carbons (Fsp3) is 0.857. The maximum Gasteiger partial charge on any atom is 0.234 e. The Bertz CT molecular complexity index is 239. The molecule has 0 fully saturated rings. The highest BCUT2D eigenvalue weighted by molar-refractivity contribution is 6.80. The first-order valence-corrected chi connectivity index (χ1v) is 7.43. The highest BCUT2D eigenvalue weighted by atomic mass is 19.3. The van der Waals surface area contributed by atoms with Crippen molar-refractivity contribution in [2.45, 2.75) is 78.4 Å². The average Bonchev–Trinajstić information content (AvgIpc) is 2.34. The number of rotatable bonds is 10. The Morgan fingerprint density at radius 1 is 0.833 bits per heavy atom. The number of halogens is 3. The van der Waals surface area contributed by atoms with Gasteiger partial charge in [0, 0.05) is 0 Å². The van der Waals surface area contributed by atoms with Gasteiger partial charge in [-0.15, -0.1) is 18.1 Å². The highest BCUT2D eigenvalue weighted by Gasteiger charge is 2.29. The van der Waals surface area contributed by atoms with E-state index >= 15 is 0 Å². The van der Waals surface area contributed by atoms with Gasteiger partial charge in [-0.05, 0) is 0 Å². The Hall–Kier alpha value is -0.405. The van der Waals surface area contributed by atoms with Crippen LogP contribution in [0.4, 0.5) is 13.1 Å². The molecule has 0 unspecified atom stereocenters. The standard InChI is InChI=1S/C14H27BF3/c1-4-7-10-13(14(16)17)15(18,11-8-5-2)12-9-6-3/h4-12H2,1-3H3/q-1. The van der Waals surface area contributed by atoms with Crippen LogP contribution in [0, 0.1) is 0 Å². The van der Waals surface area contributed by atoms with E-state index in [4.69, 9.17) is 0 Å². The molecule has 0 aromatic heterocycles. The lowest BCUT2D eigenvalue weighted by atomic mass is 9.33. The highest BCUT2D eigenvalue weighted by Crippen LogP contribution is 2.36. The Balaban J connectivity index is 4.91. The first kappa shape index (κ1) is 17.6. The molecular formula is C14H27BF3-. The van der Waals surface area contributed by atoms with E-state index in [2.05, 4.69) is 0 Å². The van der Waals surface area contributed by atoms with Crippen LogP contribution in [0.25, 0.3) is 0 Å². The van der Waals surface area contributed by atoms with Crippen LogP contribution in [-0.4, -0.2) is 6.42 Å². The smallest absolute Gasteiger partial charge is 0.234 e. The molecule has 0 aliphatic carbocycles. The van der Waals surface area contributed by atoms with Crippen molar-refractivity contribution in [2.24, 2.45) is 0 Å². The SMILES string of the molecule is CCCCC(=C(F)F)[B-](F)(CCCC)CCCC. The Kier molecular flexibility index (Phi) is 9.30. The van der Waals surface area contributed by atoms with Crippen molar-refractivity contribution in [1.29, 1.82) is 0 Å². The van der Waals surface area contributed by atoms with Crippen LogP contribution >= 0.6 is 0 Å². The van der Waals surface area contributed by atoms with Gasteiger partial charge < -0.3 is 4.32 Å². The maximum absolute atomic E-state index is 14.9. The fourth-order valence-electron chi connectivity index (χ4n) is 2.46. The van der Waals surface area contributed by atoms with E-state index in [1.165, 1.54) is 0 Å². The van der Waals surface area contributed by atoms with Gasteiger partial charge >= 0.3 is 0 Å². The van der Waals surface area contributed by atoms with Gasteiger partial charge in [-0.1, -0.05) is 65.7 Å². The minimum atomic E-state index is -2.50. The van der Waals surface area contributed by atoms with E-state index in [9.17, 15) is 13.1 Å². The van der Waals surface area contributed by atoms with Crippen molar-refractivity contribution < 1.29 is 13.1 Å². The number of hydrogen-bond donors (Lipinski definition) is 0. The normalized spacial score (nSPS) is 11.7. The molecule has 0 aliphatic rings. The predicted octanol–water partition coefficient (Wildman–Crippen LogP) is 6.38. The lowest BCUT2D eigenvalue weighted by Gasteiger charge is -2.35. The summed E-state index contributed by atoms with van der Waals surface area (Å²) in [6, 6.07) is 0. The summed E-state index contributed by atoms with van der Waals surface area (Å²) < 4.78 is 41.0. The molecule has 0 saturated carbocycles. The molecule has 0 aromatic rings. The van der Waals surface area contributed by atoms with Gasteiger partial charge in [-0.2, -0.15) is 8.78 Å². The van der Waals surface area contributed by atoms with E-state index in [0.717, 1.165) is 19.3 Å². The van der Waals surface area contributed by atoms with Gasteiger partial charge in [0.1, 0.15) is 0 Å². The summed E-state index contributed by atoms with van der Waals surface area (Å²) >= 11 is 0. The molecule has 108 valence electrons. The van der Waals surface area contributed by atoms with Gasteiger partial charge in [0.25, 0.3) is 0 Å². The molecule has 18 heavy (non-hydrogen) atoms. The molecular weight excluding hydrogens is 236 g/mol. The second kappa shape index (κ2) is 9.52. The summed E-state index contributed by atoms with van der Waals surface area (Å²) in [4.78, 5) is 0. The zero-order valence-electron chi connectivity index (χ0n) is 12.1. The monoisotopic (exact) mass is 263 g/mol. The van der Waals surface area contributed by atoms with E-state index in [0.29, 0.717) is 31.9 Å². The lowest BCUT2D eigenvalue weighted by molar-refractivity contribution is 0.409. The molecule has 0 nitrogen and oxygen atoms in total. The lowest BCUT2D eigenvalue weighted by Crippen LogP contribution is -2.32. The molecule has 0 N–H and O–H groups in total. The zero-order valence-corrected chi connectivity index (χ0v) is 12.1. The summed E-state index contributed by atoms with van der Waals surface area (Å²) in [6.45, 7) is 5.88. The molecule has 0 radical (unpaired) electrons. The first-order chi connectivity index (χ1) is 8.51. The first-order valence-electron chi connectivity index (χ1n) is 7.43. The second-order valence-corrected chi connectivity index (χ2v) is 5.29. The van der Waals surface area contributed by atoms with Crippen LogP contribution in [0.1, 0.15) is 65.7 Å². The predicted molar refractivity (Wildman–Crippen MR) is 75.1 cm³/mol. The van der Waals surface area contributed by atoms with Crippen molar-refractivity contribution >= 4 is 6.42 Å². The number of unbranched alkanes of at least 4 members (excludes halogenated alkanes) is 3. The minimum absolute atomic E-state index is 0.168. The van der Waals surface area contributed by atoms with Crippen LogP contribution < -0.4 is 0 Å². The molecule has 0 atom stereocenters. The molecule has 0 aliphatic heterocycles. The van der Waals surface area contributed by atoms with E-state index in [1.807, 2.05) is 20.8 Å². The quantitative estimate of drug-likeness (QED) is 0.401. The minimum Gasteiger partial charge on any atom is -0.511 e. The third-order valence-corrected chi connectivity index (χ3v) is 3.70. The van der Waals surface area contributed by atoms with Gasteiger partial charge in [0.05, 0.1) is 0 Å². The average molecular weight is 263 g/mol. The molecule has 0 amide bonds. The topological polar surface area (TPSA) is 0 Å². The van der Waals surface area contributed by atoms with Gasteiger partial charge in [-0.3, -0.25) is 0 Å². The van der Waals surface area contributed by atoms with Crippen LogP contribution in [0.5, 0.6) is 0 Å². The van der Waals surface area contributed by atoms with Gasteiger partial charge in [0.15, 0.2) is 6.42 Å². The van der Waals surface area contributed by atoms with Gasteiger partial charge in [0.2, 0.25) is 6.08 Å². The van der Waals surface area contributed by atoms with Crippen LogP contribution in [-0.2, 0) is 0 Å². The Morgan fingerprint density at radius 3 is 1.61 bits per heavy atom. The van der Waals surface area contributed by atoms with Crippen LogP contribution in [0.15, 0.2) is 11.6 Å². The molecule has 0 saturated heterocycles. The Morgan fingerprint density at radius 2 is 1.28 bits per heavy atom. The van der Waals surface area contributed by atoms with E-state index in [-0.39, 0.29) is 11.9 Å². The summed E-state index contributed by atoms with van der Waals surface area (Å²) in [5.74, 6) is 0. The molecule has 0 aromatic carbocycles. The summed E-state index contributed by atoms with van der Waals surface area (Å²) in [5, 5.41) is 0. The maximum atomic E-state index is 14.9. The van der Waals surface area contributed by atoms with Crippen molar-refractivity contribution in [2.75, 3.05) is 0 Å². The number of hydrogen-bond acceptors (Lipinski definition) is 0. The van der Waals surface area contributed by atoms with Crippen molar-refractivity contribution in [1.82, 2.24) is 0 Å². The molecule has 0 spiro atoms.